The van der Waals surface area contributed by atoms with Crippen molar-refractivity contribution in [1.82, 2.24) is 0 Å². The molecule has 2 aromatic rings. The summed E-state index contributed by atoms with van der Waals surface area (Å²) < 4.78 is 5.08. The van der Waals surface area contributed by atoms with Crippen LogP contribution in [0.5, 0.6) is 11.5 Å². The maximum absolute atomic E-state index is 12.1. The molecule has 0 aliphatic rings. The highest BCUT2D eigenvalue weighted by Gasteiger charge is 2.09. The van der Waals surface area contributed by atoms with E-state index in [-0.39, 0.29) is 11.5 Å². The summed E-state index contributed by atoms with van der Waals surface area (Å²) in [6.45, 7) is 0. The van der Waals surface area contributed by atoms with Gasteiger partial charge in [-0.1, -0.05) is 36.4 Å². The molecule has 0 spiro atoms. The third kappa shape index (κ3) is 3.22. The number of carbonyl (C=O) groups is 1. The van der Waals surface area contributed by atoms with Gasteiger partial charge in [0.25, 0.3) is 0 Å². The average molecular weight is 254 g/mol. The van der Waals surface area contributed by atoms with Gasteiger partial charge in [-0.2, -0.15) is 0 Å². The SMILES string of the molecule is COc1cc(O)ccc1C(=O)/C=C/c1ccccc1. The van der Waals surface area contributed by atoms with Gasteiger partial charge in [0.05, 0.1) is 12.7 Å². The van der Waals surface area contributed by atoms with Crippen LogP contribution >= 0.6 is 0 Å². The van der Waals surface area contributed by atoms with Crippen molar-refractivity contribution in [1.29, 1.82) is 0 Å². The maximum Gasteiger partial charge on any atom is 0.189 e. The lowest BCUT2D eigenvalue weighted by Gasteiger charge is -2.05. The molecule has 0 saturated heterocycles. The molecule has 0 bridgehead atoms. The fourth-order valence-electron chi connectivity index (χ4n) is 1.71. The Labute approximate surface area is 111 Å². The molecule has 2 aromatic carbocycles. The number of hydrogen-bond donors (Lipinski definition) is 1. The third-order valence-electron chi connectivity index (χ3n) is 2.68. The van der Waals surface area contributed by atoms with Gasteiger partial charge in [0.15, 0.2) is 5.78 Å². The highest BCUT2D eigenvalue weighted by atomic mass is 16.5. The lowest BCUT2D eigenvalue weighted by atomic mass is 10.1. The molecule has 0 heterocycles. The van der Waals surface area contributed by atoms with Crippen LogP contribution in [-0.4, -0.2) is 18.0 Å². The Hall–Kier alpha value is -2.55. The molecule has 1 N–H and O–H groups in total. The van der Waals surface area contributed by atoms with E-state index in [9.17, 15) is 9.90 Å². The zero-order valence-corrected chi connectivity index (χ0v) is 10.5. The Bertz CT molecular complexity index is 601. The zero-order valence-electron chi connectivity index (χ0n) is 10.5. The smallest absolute Gasteiger partial charge is 0.189 e. The van der Waals surface area contributed by atoms with Gasteiger partial charge in [0.1, 0.15) is 11.5 Å². The first-order valence-corrected chi connectivity index (χ1v) is 5.85. The number of benzene rings is 2. The molecular formula is C16H14O3. The first-order chi connectivity index (χ1) is 9.20. The molecule has 3 heteroatoms. The molecule has 2 rings (SSSR count). The molecule has 0 aliphatic carbocycles. The van der Waals surface area contributed by atoms with Gasteiger partial charge in [-0.15, -0.1) is 0 Å². The molecule has 0 unspecified atom stereocenters. The number of phenols is 1. The van der Waals surface area contributed by atoms with Gasteiger partial charge < -0.3 is 9.84 Å². The second kappa shape index (κ2) is 5.87. The zero-order chi connectivity index (χ0) is 13.7. The summed E-state index contributed by atoms with van der Waals surface area (Å²) in [6.07, 6.45) is 3.23. The highest BCUT2D eigenvalue weighted by molar-refractivity contribution is 6.08. The number of carbonyl (C=O) groups excluding carboxylic acids is 1. The number of allylic oxidation sites excluding steroid dienone is 1. The van der Waals surface area contributed by atoms with Crippen LogP contribution in [0.15, 0.2) is 54.6 Å². The molecule has 0 radical (unpaired) electrons. The summed E-state index contributed by atoms with van der Waals surface area (Å²) in [5.41, 5.74) is 1.38. The molecule has 19 heavy (non-hydrogen) atoms. The first kappa shape index (κ1) is 12.9. The Balaban J connectivity index is 2.23. The Morgan fingerprint density at radius 1 is 1.16 bits per heavy atom. The molecule has 0 aromatic heterocycles. The van der Waals surface area contributed by atoms with Crippen molar-refractivity contribution in [3.05, 3.63) is 65.7 Å². The van der Waals surface area contributed by atoms with Crippen molar-refractivity contribution in [2.45, 2.75) is 0 Å². The summed E-state index contributed by atoms with van der Waals surface area (Å²) in [4.78, 5) is 12.1. The lowest BCUT2D eigenvalue weighted by Crippen LogP contribution is -1.98. The fourth-order valence-corrected chi connectivity index (χ4v) is 1.71. The monoisotopic (exact) mass is 254 g/mol. The Morgan fingerprint density at radius 3 is 2.58 bits per heavy atom. The number of ketones is 1. The van der Waals surface area contributed by atoms with Crippen molar-refractivity contribution in [2.75, 3.05) is 7.11 Å². The van der Waals surface area contributed by atoms with Crippen molar-refractivity contribution >= 4 is 11.9 Å². The molecule has 0 amide bonds. The molecule has 0 aliphatic heterocycles. The van der Waals surface area contributed by atoms with Gasteiger partial charge >= 0.3 is 0 Å². The number of ether oxygens (including phenoxy) is 1. The first-order valence-electron chi connectivity index (χ1n) is 5.85. The molecule has 0 fully saturated rings. The highest BCUT2D eigenvalue weighted by Crippen LogP contribution is 2.24. The second-order valence-electron chi connectivity index (χ2n) is 3.99. The van der Waals surface area contributed by atoms with Gasteiger partial charge in [0, 0.05) is 6.07 Å². The summed E-state index contributed by atoms with van der Waals surface area (Å²) >= 11 is 0. The standard InChI is InChI=1S/C16H14O3/c1-19-16-11-13(17)8-9-14(16)15(18)10-7-12-5-3-2-4-6-12/h2-11,17H,1H3/b10-7+. The van der Waals surface area contributed by atoms with E-state index in [1.165, 1.54) is 25.3 Å². The van der Waals surface area contributed by atoms with E-state index in [2.05, 4.69) is 0 Å². The van der Waals surface area contributed by atoms with Crippen LogP contribution in [0.25, 0.3) is 6.08 Å². The normalized spacial score (nSPS) is 10.6. The van der Waals surface area contributed by atoms with Crippen LogP contribution in [0.1, 0.15) is 15.9 Å². The Kier molecular flexibility index (Phi) is 3.98. The van der Waals surface area contributed by atoms with Crippen molar-refractivity contribution < 1.29 is 14.6 Å². The number of hydrogen-bond acceptors (Lipinski definition) is 3. The van der Waals surface area contributed by atoms with Crippen LogP contribution < -0.4 is 4.74 Å². The fraction of sp³-hybridized carbons (Fsp3) is 0.0625. The van der Waals surface area contributed by atoms with E-state index < -0.39 is 0 Å². The summed E-state index contributed by atoms with van der Waals surface area (Å²) in [7, 11) is 1.46. The van der Waals surface area contributed by atoms with E-state index >= 15 is 0 Å². The Morgan fingerprint density at radius 2 is 1.89 bits per heavy atom. The molecule has 0 saturated carbocycles. The van der Waals surface area contributed by atoms with Crippen LogP contribution in [0.4, 0.5) is 0 Å². The van der Waals surface area contributed by atoms with Crippen LogP contribution in [0.3, 0.4) is 0 Å². The van der Waals surface area contributed by atoms with Crippen molar-refractivity contribution in [3.8, 4) is 11.5 Å². The third-order valence-corrected chi connectivity index (χ3v) is 2.68. The second-order valence-corrected chi connectivity index (χ2v) is 3.99. The number of methoxy groups -OCH3 is 1. The van der Waals surface area contributed by atoms with Gasteiger partial charge in [0.2, 0.25) is 0 Å². The number of aromatic hydroxyl groups is 1. The minimum absolute atomic E-state index is 0.0699. The summed E-state index contributed by atoms with van der Waals surface area (Å²) in [5, 5.41) is 9.35. The van der Waals surface area contributed by atoms with E-state index in [1.807, 2.05) is 30.3 Å². The average Bonchev–Trinajstić information content (AvgIpc) is 2.45. The summed E-state index contributed by atoms with van der Waals surface area (Å²) in [6, 6.07) is 14.0. The van der Waals surface area contributed by atoms with Gasteiger partial charge in [-0.25, -0.2) is 0 Å². The lowest BCUT2D eigenvalue weighted by molar-refractivity contribution is 0.104. The molecule has 96 valence electrons. The predicted molar refractivity (Wildman–Crippen MR) is 74.5 cm³/mol. The minimum Gasteiger partial charge on any atom is -0.508 e. The largest absolute Gasteiger partial charge is 0.508 e. The number of rotatable bonds is 4. The van der Waals surface area contributed by atoms with E-state index in [1.54, 1.807) is 12.1 Å². The maximum atomic E-state index is 12.1. The minimum atomic E-state index is -0.166. The van der Waals surface area contributed by atoms with E-state index in [0.717, 1.165) is 5.56 Å². The summed E-state index contributed by atoms with van der Waals surface area (Å²) in [5.74, 6) is 0.267. The van der Waals surface area contributed by atoms with Crippen LogP contribution in [0, 0.1) is 0 Å². The predicted octanol–water partition coefficient (Wildman–Crippen LogP) is 3.30. The van der Waals surface area contributed by atoms with Crippen molar-refractivity contribution in [3.63, 3.8) is 0 Å². The van der Waals surface area contributed by atoms with Crippen LogP contribution in [0.2, 0.25) is 0 Å². The van der Waals surface area contributed by atoms with Crippen LogP contribution in [-0.2, 0) is 0 Å². The molecule has 3 nitrogen and oxygen atoms in total. The van der Waals surface area contributed by atoms with E-state index in [0.29, 0.717) is 11.3 Å². The molecule has 0 atom stereocenters. The topological polar surface area (TPSA) is 46.5 Å². The van der Waals surface area contributed by atoms with Crippen molar-refractivity contribution in [2.24, 2.45) is 0 Å². The van der Waals surface area contributed by atoms with Gasteiger partial charge in [-0.05, 0) is 23.8 Å². The quantitative estimate of drug-likeness (QED) is 0.672. The molecular weight excluding hydrogens is 240 g/mol. The number of phenolic OH excluding ortho intramolecular Hbond substituents is 1. The van der Waals surface area contributed by atoms with Gasteiger partial charge in [-0.3, -0.25) is 4.79 Å². The van der Waals surface area contributed by atoms with E-state index in [4.69, 9.17) is 4.74 Å².